The van der Waals surface area contributed by atoms with Crippen molar-refractivity contribution in [1.82, 2.24) is 0 Å². The van der Waals surface area contributed by atoms with Gasteiger partial charge in [0.1, 0.15) is 5.82 Å². The number of hydrogen-bond acceptors (Lipinski definition) is 1. The van der Waals surface area contributed by atoms with Gasteiger partial charge in [0.25, 0.3) is 5.91 Å². The number of amides is 1. The second-order valence-corrected chi connectivity index (χ2v) is 6.61. The minimum Gasteiger partial charge on any atom is -0.305 e. The van der Waals surface area contributed by atoms with E-state index in [4.69, 9.17) is 0 Å². The lowest BCUT2D eigenvalue weighted by Gasteiger charge is -2.35. The van der Waals surface area contributed by atoms with Crippen LogP contribution in [0.3, 0.4) is 0 Å². The fourth-order valence-electron chi connectivity index (χ4n) is 3.18. The molecule has 0 N–H and O–H groups in total. The minimum absolute atomic E-state index is 0.0136. The highest BCUT2D eigenvalue weighted by atomic mass is 19.1. The fourth-order valence-corrected chi connectivity index (χ4v) is 3.18. The molecule has 1 aliphatic rings. The largest absolute Gasteiger partial charge is 0.305 e. The molecule has 0 saturated carbocycles. The molecule has 1 amide bonds. The summed E-state index contributed by atoms with van der Waals surface area (Å²) in [5.41, 5.74) is 3.65. The molecule has 1 aliphatic heterocycles. The van der Waals surface area contributed by atoms with Gasteiger partial charge in [-0.3, -0.25) is 4.79 Å². The molecule has 0 saturated heterocycles. The lowest BCUT2D eigenvalue weighted by atomic mass is 9.95. The third kappa shape index (κ3) is 3.00. The van der Waals surface area contributed by atoms with E-state index in [2.05, 4.69) is 13.8 Å². The molecule has 2 aromatic rings. The van der Waals surface area contributed by atoms with Gasteiger partial charge in [-0.15, -0.1) is 0 Å². The first kappa shape index (κ1) is 15.7. The monoisotopic (exact) mass is 311 g/mol. The van der Waals surface area contributed by atoms with Gasteiger partial charge in [-0.25, -0.2) is 4.39 Å². The van der Waals surface area contributed by atoms with Crippen LogP contribution in [0.15, 0.2) is 42.5 Å². The van der Waals surface area contributed by atoms with Gasteiger partial charge in [-0.2, -0.15) is 0 Å². The first-order valence-electron chi connectivity index (χ1n) is 8.19. The van der Waals surface area contributed by atoms with E-state index in [1.165, 1.54) is 11.6 Å². The molecule has 0 fully saturated rings. The average molecular weight is 311 g/mol. The van der Waals surface area contributed by atoms with Crippen molar-refractivity contribution in [3.63, 3.8) is 0 Å². The van der Waals surface area contributed by atoms with Crippen LogP contribution in [0.2, 0.25) is 0 Å². The van der Waals surface area contributed by atoms with E-state index in [0.717, 1.165) is 24.1 Å². The van der Waals surface area contributed by atoms with E-state index in [0.29, 0.717) is 11.5 Å². The molecular formula is C20H22FNO. The third-order valence-corrected chi connectivity index (χ3v) is 4.62. The summed E-state index contributed by atoms with van der Waals surface area (Å²) in [6.07, 6.45) is 1.66. The third-order valence-electron chi connectivity index (χ3n) is 4.62. The van der Waals surface area contributed by atoms with Crippen LogP contribution >= 0.6 is 0 Å². The molecule has 0 bridgehead atoms. The molecule has 3 rings (SSSR count). The van der Waals surface area contributed by atoms with E-state index >= 15 is 0 Å². The van der Waals surface area contributed by atoms with Crippen molar-refractivity contribution in [3.05, 3.63) is 65.0 Å². The van der Waals surface area contributed by atoms with Crippen LogP contribution in [0.4, 0.5) is 10.1 Å². The summed E-state index contributed by atoms with van der Waals surface area (Å²) < 4.78 is 13.5. The maximum atomic E-state index is 13.5. The van der Waals surface area contributed by atoms with E-state index < -0.39 is 0 Å². The van der Waals surface area contributed by atoms with Gasteiger partial charge in [-0.05, 0) is 67.1 Å². The number of carbonyl (C=O) groups is 1. The summed E-state index contributed by atoms with van der Waals surface area (Å²) >= 11 is 0. The van der Waals surface area contributed by atoms with Crippen molar-refractivity contribution in [3.8, 4) is 0 Å². The smallest absolute Gasteiger partial charge is 0.258 e. The van der Waals surface area contributed by atoms with Crippen molar-refractivity contribution in [1.29, 1.82) is 0 Å². The molecule has 120 valence electrons. The van der Waals surface area contributed by atoms with Crippen molar-refractivity contribution in [2.24, 2.45) is 0 Å². The SMILES string of the molecule is CC(C)c1ccc(C(=O)N2c3ccc(F)cc3CCC2C)cc1. The molecule has 0 aliphatic carbocycles. The van der Waals surface area contributed by atoms with Crippen LogP contribution in [0, 0.1) is 5.82 Å². The zero-order chi connectivity index (χ0) is 16.6. The van der Waals surface area contributed by atoms with Crippen molar-refractivity contribution < 1.29 is 9.18 Å². The molecule has 0 radical (unpaired) electrons. The van der Waals surface area contributed by atoms with E-state index in [1.54, 1.807) is 12.1 Å². The highest BCUT2D eigenvalue weighted by molar-refractivity contribution is 6.07. The first-order valence-corrected chi connectivity index (χ1v) is 8.19. The Morgan fingerprint density at radius 2 is 1.87 bits per heavy atom. The quantitative estimate of drug-likeness (QED) is 0.770. The molecule has 2 nitrogen and oxygen atoms in total. The van der Waals surface area contributed by atoms with E-state index in [1.807, 2.05) is 36.1 Å². The molecule has 1 unspecified atom stereocenters. The Labute approximate surface area is 136 Å². The number of anilines is 1. The summed E-state index contributed by atoms with van der Waals surface area (Å²) in [6.45, 7) is 6.31. The highest BCUT2D eigenvalue weighted by Gasteiger charge is 2.29. The van der Waals surface area contributed by atoms with Crippen LogP contribution in [0.5, 0.6) is 0 Å². The van der Waals surface area contributed by atoms with E-state index in [-0.39, 0.29) is 17.8 Å². The molecule has 1 heterocycles. The van der Waals surface area contributed by atoms with Crippen LogP contribution < -0.4 is 4.90 Å². The maximum absolute atomic E-state index is 13.5. The van der Waals surface area contributed by atoms with Crippen molar-refractivity contribution >= 4 is 11.6 Å². The number of aryl methyl sites for hydroxylation is 1. The normalized spacial score (nSPS) is 17.3. The molecule has 0 spiro atoms. The topological polar surface area (TPSA) is 20.3 Å². The Morgan fingerprint density at radius 3 is 2.52 bits per heavy atom. The van der Waals surface area contributed by atoms with Crippen LogP contribution in [-0.2, 0) is 6.42 Å². The molecular weight excluding hydrogens is 289 g/mol. The predicted molar refractivity (Wildman–Crippen MR) is 91.5 cm³/mol. The Morgan fingerprint density at radius 1 is 1.17 bits per heavy atom. The Hall–Kier alpha value is -2.16. The van der Waals surface area contributed by atoms with Gasteiger partial charge >= 0.3 is 0 Å². The van der Waals surface area contributed by atoms with Gasteiger partial charge < -0.3 is 4.90 Å². The van der Waals surface area contributed by atoms with Gasteiger partial charge in [0.15, 0.2) is 0 Å². The van der Waals surface area contributed by atoms with Crippen LogP contribution in [0.25, 0.3) is 0 Å². The number of carbonyl (C=O) groups excluding carboxylic acids is 1. The minimum atomic E-state index is -0.244. The second kappa shape index (κ2) is 6.15. The number of benzene rings is 2. The Kier molecular flexibility index (Phi) is 4.20. The van der Waals surface area contributed by atoms with Crippen molar-refractivity contribution in [2.75, 3.05) is 4.90 Å². The summed E-state index contributed by atoms with van der Waals surface area (Å²) in [5, 5.41) is 0. The molecule has 1 atom stereocenters. The Balaban J connectivity index is 1.95. The average Bonchev–Trinajstić information content (AvgIpc) is 2.54. The number of hydrogen-bond donors (Lipinski definition) is 0. The van der Waals surface area contributed by atoms with Gasteiger partial charge in [0.05, 0.1) is 0 Å². The summed E-state index contributed by atoms with van der Waals surface area (Å²) in [4.78, 5) is 14.8. The summed E-state index contributed by atoms with van der Waals surface area (Å²) in [6, 6.07) is 12.6. The maximum Gasteiger partial charge on any atom is 0.258 e. The zero-order valence-corrected chi connectivity index (χ0v) is 13.8. The lowest BCUT2D eigenvalue weighted by molar-refractivity contribution is 0.0975. The molecule has 3 heteroatoms. The van der Waals surface area contributed by atoms with Crippen molar-refractivity contribution in [2.45, 2.75) is 45.6 Å². The number of fused-ring (bicyclic) bond motifs is 1. The molecule has 2 aromatic carbocycles. The molecule has 0 aromatic heterocycles. The highest BCUT2D eigenvalue weighted by Crippen LogP contribution is 2.32. The number of halogens is 1. The number of nitrogens with zero attached hydrogens (tertiary/aromatic N) is 1. The van der Waals surface area contributed by atoms with Crippen LogP contribution in [-0.4, -0.2) is 11.9 Å². The van der Waals surface area contributed by atoms with Gasteiger partial charge in [-0.1, -0.05) is 26.0 Å². The van der Waals surface area contributed by atoms with Gasteiger partial charge in [0.2, 0.25) is 0 Å². The van der Waals surface area contributed by atoms with Gasteiger partial charge in [0, 0.05) is 17.3 Å². The molecule has 23 heavy (non-hydrogen) atoms. The second-order valence-electron chi connectivity index (χ2n) is 6.61. The van der Waals surface area contributed by atoms with E-state index in [9.17, 15) is 9.18 Å². The standard InChI is InChI=1S/C20H22FNO/c1-13(2)15-6-8-16(9-7-15)20(23)22-14(3)4-5-17-12-18(21)10-11-19(17)22/h6-14H,4-5H2,1-3H3. The summed E-state index contributed by atoms with van der Waals surface area (Å²) in [7, 11) is 0. The summed E-state index contributed by atoms with van der Waals surface area (Å²) in [5.74, 6) is 0.184. The van der Waals surface area contributed by atoms with Crippen LogP contribution in [0.1, 0.15) is 54.6 Å². The fraction of sp³-hybridized carbons (Fsp3) is 0.350. The zero-order valence-electron chi connectivity index (χ0n) is 13.8. The predicted octanol–water partition coefficient (Wildman–Crippen LogP) is 4.93. The lowest BCUT2D eigenvalue weighted by Crippen LogP contribution is -2.42. The Bertz CT molecular complexity index is 721. The first-order chi connectivity index (χ1) is 11.0. The number of rotatable bonds is 2.